The van der Waals surface area contributed by atoms with Crippen LogP contribution in [-0.4, -0.2) is 88.6 Å². The van der Waals surface area contributed by atoms with Gasteiger partial charge in [0.15, 0.2) is 0 Å². The summed E-state index contributed by atoms with van der Waals surface area (Å²) in [6.45, 7) is 3.44. The number of likely N-dealkylation sites (N-methyl/N-ethyl adjacent to an activating group) is 1. The van der Waals surface area contributed by atoms with Gasteiger partial charge in [-0.1, -0.05) is 24.3 Å². The van der Waals surface area contributed by atoms with Crippen molar-refractivity contribution in [2.24, 2.45) is 11.8 Å². The number of thioether (sulfide) groups is 1. The Kier molecular flexibility index (Phi) is 6.87. The lowest BCUT2D eigenvalue weighted by molar-refractivity contribution is -0.143. The molecule has 1 spiro atoms. The Morgan fingerprint density at radius 1 is 0.973 bits per heavy atom. The molecule has 1 aromatic rings. The topological polar surface area (TPSA) is 90.4 Å². The van der Waals surface area contributed by atoms with Gasteiger partial charge in [0, 0.05) is 43.7 Å². The quantitative estimate of drug-likeness (QED) is 0.435. The third kappa shape index (κ3) is 4.07. The van der Waals surface area contributed by atoms with Gasteiger partial charge in [-0.05, 0) is 50.5 Å². The van der Waals surface area contributed by atoms with Gasteiger partial charge in [0.2, 0.25) is 11.8 Å². The first-order valence-electron chi connectivity index (χ1n) is 12.9. The first kappa shape index (κ1) is 25.9. The molecule has 4 heterocycles. The van der Waals surface area contributed by atoms with E-state index in [0.717, 1.165) is 12.1 Å². The lowest BCUT2D eigenvalue weighted by atomic mass is 9.74. The zero-order valence-corrected chi connectivity index (χ0v) is 22.4. The summed E-state index contributed by atoms with van der Waals surface area (Å²) in [5.41, 5.74) is 0.739. The number of unbranched alkanes of at least 4 members (excludes halogenated alkanes) is 2. The van der Waals surface area contributed by atoms with Crippen molar-refractivity contribution < 1.29 is 24.2 Å². The highest BCUT2D eigenvalue weighted by atomic mass is 32.2. The van der Waals surface area contributed by atoms with Crippen molar-refractivity contribution in [3.05, 3.63) is 48.6 Å². The van der Waals surface area contributed by atoms with E-state index in [1.165, 1.54) is 0 Å². The fourth-order valence-corrected chi connectivity index (χ4v) is 8.61. The molecule has 5 atom stereocenters. The molecule has 2 saturated heterocycles. The number of ether oxygens (including phenoxy) is 1. The maximum Gasteiger partial charge on any atom is 0.251 e. The zero-order chi connectivity index (χ0) is 26.4. The second-order valence-corrected chi connectivity index (χ2v) is 12.3. The number of benzene rings is 1. The van der Waals surface area contributed by atoms with Crippen LogP contribution in [0.3, 0.4) is 0 Å². The van der Waals surface area contributed by atoms with Gasteiger partial charge in [-0.3, -0.25) is 14.4 Å². The largest absolute Gasteiger partial charge is 0.497 e. The minimum Gasteiger partial charge on any atom is -0.497 e. The smallest absolute Gasteiger partial charge is 0.251 e. The number of likely N-dealkylation sites (tertiary alicyclic amines) is 1. The Morgan fingerprint density at radius 2 is 1.70 bits per heavy atom. The highest BCUT2D eigenvalue weighted by Gasteiger charge is 2.73. The van der Waals surface area contributed by atoms with Gasteiger partial charge < -0.3 is 24.5 Å². The zero-order valence-electron chi connectivity index (χ0n) is 21.6. The van der Waals surface area contributed by atoms with Crippen molar-refractivity contribution in [2.45, 2.75) is 41.7 Å². The molecule has 8 nitrogen and oxygen atoms in total. The molecule has 5 rings (SSSR count). The van der Waals surface area contributed by atoms with Gasteiger partial charge in [-0.15, -0.1) is 11.8 Å². The molecule has 1 N–H and O–H groups in total. The first-order chi connectivity index (χ1) is 17.8. The van der Waals surface area contributed by atoms with Crippen LogP contribution < -0.4 is 9.64 Å². The van der Waals surface area contributed by atoms with Crippen LogP contribution in [0.1, 0.15) is 26.2 Å². The Morgan fingerprint density at radius 3 is 2.41 bits per heavy atom. The van der Waals surface area contributed by atoms with E-state index in [1.54, 1.807) is 40.6 Å². The Balaban J connectivity index is 1.58. The number of aliphatic hydroxyl groups is 1. The van der Waals surface area contributed by atoms with Crippen LogP contribution in [0.2, 0.25) is 0 Å². The number of carbonyl (C=O) groups excluding carboxylic acids is 3. The average molecular weight is 526 g/mol. The lowest BCUT2D eigenvalue weighted by Crippen LogP contribution is -2.53. The van der Waals surface area contributed by atoms with Crippen LogP contribution in [0, 0.1) is 11.8 Å². The van der Waals surface area contributed by atoms with Crippen molar-refractivity contribution in [2.75, 3.05) is 45.3 Å². The van der Waals surface area contributed by atoms with Crippen molar-refractivity contribution in [1.29, 1.82) is 0 Å². The SMILES string of the molecule is COc1ccc(N2CC=C[C@]34S[C@@]5(C)C=CCN(C)C(=O)[C@H]5[C@H]3C(=O)N(CCCCCO)C4C2=O)cc1. The number of methoxy groups -OCH3 is 1. The fraction of sp³-hybridized carbons (Fsp3) is 0.536. The van der Waals surface area contributed by atoms with E-state index in [1.807, 2.05) is 49.4 Å². The molecule has 2 fully saturated rings. The number of aliphatic hydroxyl groups excluding tert-OH is 1. The molecule has 4 aliphatic rings. The lowest BCUT2D eigenvalue weighted by Gasteiger charge is -2.37. The number of fused-ring (bicyclic) bond motifs is 2. The second-order valence-electron chi connectivity index (χ2n) is 10.5. The Bertz CT molecular complexity index is 1140. The van der Waals surface area contributed by atoms with Crippen molar-refractivity contribution >= 4 is 35.2 Å². The van der Waals surface area contributed by atoms with Gasteiger partial charge in [-0.2, -0.15) is 0 Å². The molecular formula is C28H35N3O5S. The van der Waals surface area contributed by atoms with Gasteiger partial charge >= 0.3 is 0 Å². The molecule has 0 radical (unpaired) electrons. The molecule has 4 aliphatic heterocycles. The summed E-state index contributed by atoms with van der Waals surface area (Å²) in [6.07, 6.45) is 10.2. The highest BCUT2D eigenvalue weighted by Crippen LogP contribution is 2.65. The first-order valence-corrected chi connectivity index (χ1v) is 13.8. The highest BCUT2D eigenvalue weighted by molar-refractivity contribution is 8.02. The van der Waals surface area contributed by atoms with Crippen molar-refractivity contribution in [1.82, 2.24) is 9.80 Å². The third-order valence-corrected chi connectivity index (χ3v) is 10.00. The van der Waals surface area contributed by atoms with Gasteiger partial charge in [-0.25, -0.2) is 0 Å². The summed E-state index contributed by atoms with van der Waals surface area (Å²) >= 11 is 1.60. The second kappa shape index (κ2) is 9.83. The molecule has 0 saturated carbocycles. The van der Waals surface area contributed by atoms with Crippen molar-refractivity contribution in [3.63, 3.8) is 0 Å². The summed E-state index contributed by atoms with van der Waals surface area (Å²) in [7, 11) is 3.38. The molecule has 1 unspecified atom stereocenters. The number of rotatable bonds is 7. The summed E-state index contributed by atoms with van der Waals surface area (Å²) in [5.74, 6) is -0.781. The van der Waals surface area contributed by atoms with Gasteiger partial charge in [0.05, 0.1) is 23.7 Å². The standard InChI is InChI=1S/C28H35N3O5S/c1-27-13-7-15-29(2)24(33)21(27)22-25(34)31(16-5-4-6-18-32)23-26(35)30(17-8-14-28(22,23)37-27)19-9-11-20(36-3)12-10-19/h7-14,21-23,32H,4-6,15-18H2,1-3H3/t21-,22+,23?,27+,28+/m1/s1. The molecule has 1 aromatic carbocycles. The molecule has 37 heavy (non-hydrogen) atoms. The van der Waals surface area contributed by atoms with Crippen LogP contribution in [0.15, 0.2) is 48.6 Å². The molecule has 0 aliphatic carbocycles. The summed E-state index contributed by atoms with van der Waals surface area (Å²) < 4.78 is 3.85. The summed E-state index contributed by atoms with van der Waals surface area (Å²) in [4.78, 5) is 47.4. The van der Waals surface area contributed by atoms with Gasteiger partial charge in [0.1, 0.15) is 11.8 Å². The summed E-state index contributed by atoms with van der Waals surface area (Å²) in [5, 5.41) is 9.23. The van der Waals surface area contributed by atoms with E-state index in [2.05, 4.69) is 6.08 Å². The number of anilines is 1. The molecule has 0 bridgehead atoms. The fourth-order valence-electron chi connectivity index (χ4n) is 6.45. The van der Waals surface area contributed by atoms with E-state index in [4.69, 9.17) is 4.74 Å². The predicted octanol–water partition coefficient (Wildman–Crippen LogP) is 2.48. The monoisotopic (exact) mass is 525 g/mol. The van der Waals surface area contributed by atoms with Crippen LogP contribution in [0.4, 0.5) is 5.69 Å². The van der Waals surface area contributed by atoms with Crippen LogP contribution in [-0.2, 0) is 14.4 Å². The predicted molar refractivity (Wildman–Crippen MR) is 143 cm³/mol. The number of nitrogens with zero attached hydrogens (tertiary/aromatic N) is 3. The van der Waals surface area contributed by atoms with E-state index < -0.39 is 27.4 Å². The van der Waals surface area contributed by atoms with Crippen LogP contribution >= 0.6 is 11.8 Å². The number of amides is 3. The number of hydrogen-bond donors (Lipinski definition) is 1. The minimum absolute atomic E-state index is 0.0480. The maximum absolute atomic E-state index is 14.4. The molecule has 198 valence electrons. The van der Waals surface area contributed by atoms with Crippen LogP contribution in [0.5, 0.6) is 5.75 Å². The molecule has 3 amide bonds. The number of hydrogen-bond acceptors (Lipinski definition) is 6. The molecule has 9 heteroatoms. The van der Waals surface area contributed by atoms with Gasteiger partial charge in [0.25, 0.3) is 5.91 Å². The third-order valence-electron chi connectivity index (χ3n) is 8.20. The van der Waals surface area contributed by atoms with Crippen LogP contribution in [0.25, 0.3) is 0 Å². The van der Waals surface area contributed by atoms with E-state index in [-0.39, 0.29) is 24.3 Å². The summed E-state index contributed by atoms with van der Waals surface area (Å²) in [6, 6.07) is 6.64. The minimum atomic E-state index is -0.843. The van der Waals surface area contributed by atoms with E-state index in [9.17, 15) is 19.5 Å². The average Bonchev–Trinajstić information content (AvgIpc) is 3.16. The number of carbonyl (C=O) groups is 3. The molecular weight excluding hydrogens is 490 g/mol. The van der Waals surface area contributed by atoms with E-state index in [0.29, 0.717) is 38.2 Å². The Hall–Kier alpha value is -2.78. The Labute approximate surface area is 222 Å². The maximum atomic E-state index is 14.4. The van der Waals surface area contributed by atoms with E-state index >= 15 is 0 Å². The molecule has 0 aromatic heterocycles. The normalized spacial score (nSPS) is 32.8. The van der Waals surface area contributed by atoms with Crippen molar-refractivity contribution in [3.8, 4) is 5.75 Å².